The molecule has 0 saturated heterocycles. The van der Waals surface area contributed by atoms with Gasteiger partial charge in [-0.15, -0.1) is 0 Å². The molecule has 2 aromatic heterocycles. The highest BCUT2D eigenvalue weighted by atomic mass is 79.9. The van der Waals surface area contributed by atoms with Crippen molar-refractivity contribution in [1.82, 2.24) is 4.98 Å². The Balaban J connectivity index is 2.15. The molecule has 4 nitrogen and oxygen atoms in total. The highest BCUT2D eigenvalue weighted by Crippen LogP contribution is 2.24. The van der Waals surface area contributed by atoms with Crippen LogP contribution in [0.4, 0.5) is 11.5 Å². The predicted molar refractivity (Wildman–Crippen MR) is 67.1 cm³/mol. The van der Waals surface area contributed by atoms with Gasteiger partial charge in [0.2, 0.25) is 0 Å². The van der Waals surface area contributed by atoms with Crippen molar-refractivity contribution < 1.29 is 4.42 Å². The van der Waals surface area contributed by atoms with Crippen LogP contribution in [0.1, 0.15) is 18.7 Å². The first kappa shape index (κ1) is 11.0. The third-order valence-electron chi connectivity index (χ3n) is 2.21. The molecular formula is C11H12BrN3O. The van der Waals surface area contributed by atoms with Crippen LogP contribution in [0.25, 0.3) is 0 Å². The molecule has 0 radical (unpaired) electrons. The maximum absolute atomic E-state index is 5.84. The largest absolute Gasteiger partial charge is 0.467 e. The average Bonchev–Trinajstić information content (AvgIpc) is 2.75. The van der Waals surface area contributed by atoms with Gasteiger partial charge in [0, 0.05) is 10.7 Å². The number of furan rings is 1. The molecule has 0 fully saturated rings. The smallest absolute Gasteiger partial charge is 0.149 e. The van der Waals surface area contributed by atoms with Crippen LogP contribution in [0.5, 0.6) is 0 Å². The Morgan fingerprint density at radius 1 is 1.56 bits per heavy atom. The van der Waals surface area contributed by atoms with E-state index in [1.807, 2.05) is 25.1 Å². The van der Waals surface area contributed by atoms with Crippen LogP contribution < -0.4 is 11.1 Å². The molecule has 1 atom stereocenters. The minimum atomic E-state index is 0.0333. The van der Waals surface area contributed by atoms with Gasteiger partial charge in [0.05, 0.1) is 18.0 Å². The van der Waals surface area contributed by atoms with Crippen molar-refractivity contribution in [2.75, 3.05) is 11.1 Å². The van der Waals surface area contributed by atoms with Crippen molar-refractivity contribution in [3.05, 3.63) is 40.9 Å². The Bertz CT molecular complexity index is 470. The molecule has 0 aliphatic carbocycles. The molecule has 0 amide bonds. The third-order valence-corrected chi connectivity index (χ3v) is 2.64. The summed E-state index contributed by atoms with van der Waals surface area (Å²) in [5.41, 5.74) is 6.44. The molecule has 0 aliphatic heterocycles. The summed E-state index contributed by atoms with van der Waals surface area (Å²) in [4.78, 5) is 4.20. The van der Waals surface area contributed by atoms with Crippen molar-refractivity contribution in [2.45, 2.75) is 13.0 Å². The lowest BCUT2D eigenvalue weighted by Gasteiger charge is -2.13. The quantitative estimate of drug-likeness (QED) is 0.907. The fourth-order valence-corrected chi connectivity index (χ4v) is 1.74. The zero-order chi connectivity index (χ0) is 11.5. The number of pyridine rings is 1. The SMILES string of the molecule is CC(Nc1ncc(Br)cc1N)c1ccco1. The van der Waals surface area contributed by atoms with Gasteiger partial charge in [0.25, 0.3) is 0 Å². The summed E-state index contributed by atoms with van der Waals surface area (Å²) in [7, 11) is 0. The van der Waals surface area contributed by atoms with E-state index in [4.69, 9.17) is 10.2 Å². The highest BCUT2D eigenvalue weighted by Gasteiger charge is 2.10. The van der Waals surface area contributed by atoms with Gasteiger partial charge in [0.1, 0.15) is 11.6 Å². The number of nitrogen functional groups attached to an aromatic ring is 1. The normalized spacial score (nSPS) is 12.4. The van der Waals surface area contributed by atoms with Gasteiger partial charge in [0.15, 0.2) is 0 Å². The molecule has 0 aliphatic rings. The van der Waals surface area contributed by atoms with Crippen LogP contribution in [0.3, 0.4) is 0 Å². The van der Waals surface area contributed by atoms with Gasteiger partial charge in [-0.2, -0.15) is 0 Å². The van der Waals surface area contributed by atoms with Crippen LogP contribution in [-0.2, 0) is 0 Å². The van der Waals surface area contributed by atoms with E-state index in [1.165, 1.54) is 0 Å². The number of nitrogens with two attached hydrogens (primary N) is 1. The number of hydrogen-bond acceptors (Lipinski definition) is 4. The number of nitrogens with one attached hydrogen (secondary N) is 1. The van der Waals surface area contributed by atoms with Crippen LogP contribution >= 0.6 is 15.9 Å². The van der Waals surface area contributed by atoms with Crippen LogP contribution in [0.15, 0.2) is 39.5 Å². The van der Waals surface area contributed by atoms with E-state index in [1.54, 1.807) is 12.5 Å². The Hall–Kier alpha value is -1.49. The van der Waals surface area contributed by atoms with Crippen LogP contribution in [-0.4, -0.2) is 4.98 Å². The Morgan fingerprint density at radius 2 is 2.38 bits per heavy atom. The van der Waals surface area contributed by atoms with Gasteiger partial charge in [-0.3, -0.25) is 0 Å². The number of halogens is 1. The molecule has 0 bridgehead atoms. The van der Waals surface area contributed by atoms with Gasteiger partial charge >= 0.3 is 0 Å². The second kappa shape index (κ2) is 4.57. The standard InChI is InChI=1S/C11H12BrN3O/c1-7(10-3-2-4-16-10)15-11-9(13)5-8(12)6-14-11/h2-7H,13H2,1H3,(H,14,15). The third kappa shape index (κ3) is 2.36. The molecule has 3 N–H and O–H groups in total. The van der Waals surface area contributed by atoms with E-state index >= 15 is 0 Å². The minimum Gasteiger partial charge on any atom is -0.467 e. The lowest BCUT2D eigenvalue weighted by atomic mass is 10.2. The molecule has 0 saturated carbocycles. The topological polar surface area (TPSA) is 64.1 Å². The molecule has 84 valence electrons. The molecular weight excluding hydrogens is 270 g/mol. The van der Waals surface area contributed by atoms with Crippen LogP contribution in [0.2, 0.25) is 0 Å². The molecule has 0 spiro atoms. The molecule has 0 aromatic carbocycles. The summed E-state index contributed by atoms with van der Waals surface area (Å²) in [5.74, 6) is 1.51. The lowest BCUT2D eigenvalue weighted by molar-refractivity contribution is 0.490. The molecule has 5 heteroatoms. The molecule has 2 rings (SSSR count). The van der Waals surface area contributed by atoms with Gasteiger partial charge in [-0.1, -0.05) is 0 Å². The molecule has 2 heterocycles. The van der Waals surface area contributed by atoms with Crippen molar-refractivity contribution in [1.29, 1.82) is 0 Å². The van der Waals surface area contributed by atoms with E-state index in [0.29, 0.717) is 11.5 Å². The van der Waals surface area contributed by atoms with Gasteiger partial charge < -0.3 is 15.5 Å². The van der Waals surface area contributed by atoms with Crippen molar-refractivity contribution in [3.63, 3.8) is 0 Å². The zero-order valence-corrected chi connectivity index (χ0v) is 10.4. The monoisotopic (exact) mass is 281 g/mol. The van der Waals surface area contributed by atoms with E-state index in [9.17, 15) is 0 Å². The number of aromatic nitrogens is 1. The van der Waals surface area contributed by atoms with E-state index < -0.39 is 0 Å². The van der Waals surface area contributed by atoms with Crippen molar-refractivity contribution >= 4 is 27.4 Å². The molecule has 16 heavy (non-hydrogen) atoms. The summed E-state index contributed by atoms with van der Waals surface area (Å²) in [6.45, 7) is 1.99. The highest BCUT2D eigenvalue weighted by molar-refractivity contribution is 9.10. The number of rotatable bonds is 3. The fraction of sp³-hybridized carbons (Fsp3) is 0.182. The maximum atomic E-state index is 5.84. The van der Waals surface area contributed by atoms with Crippen LogP contribution in [0, 0.1) is 0 Å². The predicted octanol–water partition coefficient (Wildman–Crippen LogP) is 3.19. The second-order valence-electron chi connectivity index (χ2n) is 3.47. The number of hydrogen-bond donors (Lipinski definition) is 2. The average molecular weight is 282 g/mol. The molecule has 2 aromatic rings. The van der Waals surface area contributed by atoms with Gasteiger partial charge in [-0.05, 0) is 41.1 Å². The first-order chi connectivity index (χ1) is 7.66. The van der Waals surface area contributed by atoms with Crippen molar-refractivity contribution in [2.24, 2.45) is 0 Å². The summed E-state index contributed by atoms with van der Waals surface area (Å²) in [6.07, 6.45) is 3.35. The first-order valence-electron chi connectivity index (χ1n) is 4.88. The first-order valence-corrected chi connectivity index (χ1v) is 5.67. The van der Waals surface area contributed by atoms with Crippen molar-refractivity contribution in [3.8, 4) is 0 Å². The van der Waals surface area contributed by atoms with E-state index in [0.717, 1.165) is 10.2 Å². The number of nitrogens with zero attached hydrogens (tertiary/aromatic N) is 1. The number of anilines is 2. The fourth-order valence-electron chi connectivity index (χ4n) is 1.39. The van der Waals surface area contributed by atoms with E-state index in [-0.39, 0.29) is 6.04 Å². The Labute approximate surface area is 102 Å². The Kier molecular flexibility index (Phi) is 3.14. The summed E-state index contributed by atoms with van der Waals surface area (Å²) in [5, 5.41) is 3.19. The van der Waals surface area contributed by atoms with Gasteiger partial charge in [-0.25, -0.2) is 4.98 Å². The zero-order valence-electron chi connectivity index (χ0n) is 8.77. The van der Waals surface area contributed by atoms with E-state index in [2.05, 4.69) is 26.2 Å². The summed E-state index contributed by atoms with van der Waals surface area (Å²) >= 11 is 3.31. The minimum absolute atomic E-state index is 0.0333. The Morgan fingerprint density at radius 3 is 3.00 bits per heavy atom. The maximum Gasteiger partial charge on any atom is 0.149 e. The summed E-state index contributed by atoms with van der Waals surface area (Å²) < 4.78 is 6.15. The lowest BCUT2D eigenvalue weighted by Crippen LogP contribution is -2.09. The summed E-state index contributed by atoms with van der Waals surface area (Å²) in [6, 6.07) is 5.61. The molecule has 1 unspecified atom stereocenters. The second-order valence-corrected chi connectivity index (χ2v) is 4.39.